The maximum atomic E-state index is 2.37. The molecule has 0 aliphatic heterocycles. The third-order valence-corrected chi connectivity index (χ3v) is 6.44. The van der Waals surface area contributed by atoms with Gasteiger partial charge in [0.05, 0.1) is 0 Å². The summed E-state index contributed by atoms with van der Waals surface area (Å²) in [7, 11) is 0. The van der Waals surface area contributed by atoms with Gasteiger partial charge in [-0.3, -0.25) is 0 Å². The molecular weight excluding hydrogens is 336 g/mol. The Balaban J connectivity index is 2.41. The van der Waals surface area contributed by atoms with Crippen molar-refractivity contribution in [1.82, 2.24) is 0 Å². The Labute approximate surface area is 173 Å². The smallest absolute Gasteiger partial charge is 0.0172 e. The second-order valence-electron chi connectivity index (χ2n) is 9.04. The maximum Gasteiger partial charge on any atom is 0.0172 e. The molecule has 2 rings (SSSR count). The molecule has 0 aliphatic carbocycles. The standard InChI is InChI=1S/C28H38/c1-9-23(14-11-21(3)4)27(6,7)24-17-19-26(20-18-24)28(8,10-2)25-15-12-22(5)13-16-25/h11-20H,9-10H2,1-8H3/b23-14+. The first-order valence-corrected chi connectivity index (χ1v) is 10.7. The van der Waals surface area contributed by atoms with Crippen molar-refractivity contribution in [3.63, 3.8) is 0 Å². The Hall–Kier alpha value is -2.08. The van der Waals surface area contributed by atoms with Crippen molar-refractivity contribution in [3.8, 4) is 0 Å². The molecule has 2 aromatic carbocycles. The Morgan fingerprint density at radius 3 is 1.64 bits per heavy atom. The van der Waals surface area contributed by atoms with Gasteiger partial charge in [-0.2, -0.15) is 0 Å². The normalized spacial score (nSPS) is 14.5. The average Bonchev–Trinajstić information content (AvgIpc) is 2.68. The molecule has 150 valence electrons. The van der Waals surface area contributed by atoms with Gasteiger partial charge in [-0.15, -0.1) is 0 Å². The molecule has 28 heavy (non-hydrogen) atoms. The van der Waals surface area contributed by atoms with Gasteiger partial charge in [0.2, 0.25) is 0 Å². The van der Waals surface area contributed by atoms with E-state index in [0.717, 1.165) is 12.8 Å². The van der Waals surface area contributed by atoms with E-state index in [2.05, 4.69) is 116 Å². The molecule has 0 saturated heterocycles. The van der Waals surface area contributed by atoms with Gasteiger partial charge in [0, 0.05) is 10.8 Å². The van der Waals surface area contributed by atoms with Gasteiger partial charge in [0.15, 0.2) is 0 Å². The fourth-order valence-corrected chi connectivity index (χ4v) is 3.97. The van der Waals surface area contributed by atoms with Crippen LogP contribution in [0, 0.1) is 6.92 Å². The van der Waals surface area contributed by atoms with Gasteiger partial charge in [0.1, 0.15) is 0 Å². The molecule has 1 atom stereocenters. The SMILES string of the molecule is CC/C(=C\C=C(C)C)C(C)(C)c1ccc(C(C)(CC)c2ccc(C)cc2)cc1. The van der Waals surface area contributed by atoms with Crippen LogP contribution in [0.25, 0.3) is 0 Å². The zero-order valence-electron chi connectivity index (χ0n) is 19.2. The third kappa shape index (κ3) is 4.66. The van der Waals surface area contributed by atoms with Crippen LogP contribution in [0.1, 0.15) is 83.6 Å². The van der Waals surface area contributed by atoms with Crippen molar-refractivity contribution in [2.45, 2.75) is 79.1 Å². The molecule has 0 spiro atoms. The zero-order valence-corrected chi connectivity index (χ0v) is 19.2. The first-order valence-electron chi connectivity index (χ1n) is 10.7. The fourth-order valence-electron chi connectivity index (χ4n) is 3.97. The summed E-state index contributed by atoms with van der Waals surface area (Å²) < 4.78 is 0. The van der Waals surface area contributed by atoms with Crippen molar-refractivity contribution in [2.24, 2.45) is 0 Å². The minimum Gasteiger partial charge on any atom is -0.0764 e. The van der Waals surface area contributed by atoms with Crippen LogP contribution >= 0.6 is 0 Å². The summed E-state index contributed by atoms with van der Waals surface area (Å²) in [4.78, 5) is 0. The number of benzene rings is 2. The number of aryl methyl sites for hydroxylation is 1. The topological polar surface area (TPSA) is 0 Å². The highest BCUT2D eigenvalue weighted by molar-refractivity contribution is 5.43. The monoisotopic (exact) mass is 374 g/mol. The molecule has 0 heterocycles. The lowest BCUT2D eigenvalue weighted by molar-refractivity contribution is 0.547. The predicted octanol–water partition coefficient (Wildman–Crippen LogP) is 8.29. The van der Waals surface area contributed by atoms with Crippen LogP contribution in [-0.4, -0.2) is 0 Å². The van der Waals surface area contributed by atoms with Crippen LogP contribution in [-0.2, 0) is 10.8 Å². The third-order valence-electron chi connectivity index (χ3n) is 6.44. The second kappa shape index (κ2) is 8.95. The van der Waals surface area contributed by atoms with E-state index in [0.29, 0.717) is 0 Å². The summed E-state index contributed by atoms with van der Waals surface area (Å²) in [6, 6.07) is 18.4. The van der Waals surface area contributed by atoms with Crippen molar-refractivity contribution in [2.75, 3.05) is 0 Å². The van der Waals surface area contributed by atoms with Gasteiger partial charge in [0.25, 0.3) is 0 Å². The molecule has 0 fully saturated rings. The lowest BCUT2D eigenvalue weighted by Crippen LogP contribution is -2.24. The fraction of sp³-hybridized carbons (Fsp3) is 0.429. The molecular formula is C28H38. The van der Waals surface area contributed by atoms with E-state index in [-0.39, 0.29) is 10.8 Å². The van der Waals surface area contributed by atoms with Crippen LogP contribution < -0.4 is 0 Å². The van der Waals surface area contributed by atoms with Crippen molar-refractivity contribution >= 4 is 0 Å². The van der Waals surface area contributed by atoms with Crippen LogP contribution in [0.15, 0.2) is 71.8 Å². The highest BCUT2D eigenvalue weighted by Gasteiger charge is 2.29. The molecule has 0 bridgehead atoms. The second-order valence-corrected chi connectivity index (χ2v) is 9.04. The summed E-state index contributed by atoms with van der Waals surface area (Å²) >= 11 is 0. The molecule has 0 nitrogen and oxygen atoms in total. The quantitative estimate of drug-likeness (QED) is 0.428. The number of rotatable bonds is 7. The minimum atomic E-state index is 0.0334. The number of hydrogen-bond acceptors (Lipinski definition) is 0. The Morgan fingerprint density at radius 1 is 0.750 bits per heavy atom. The summed E-state index contributed by atoms with van der Waals surface area (Å²) in [6.45, 7) is 18.1. The molecule has 0 saturated carbocycles. The summed E-state index contributed by atoms with van der Waals surface area (Å²) in [6.07, 6.45) is 6.69. The van der Waals surface area contributed by atoms with Gasteiger partial charge < -0.3 is 0 Å². The summed E-state index contributed by atoms with van der Waals surface area (Å²) in [5.41, 5.74) is 8.37. The molecule has 0 aliphatic rings. The zero-order chi connectivity index (χ0) is 20.9. The average molecular weight is 375 g/mol. The highest BCUT2D eigenvalue weighted by atomic mass is 14.3. The molecule has 0 N–H and O–H groups in total. The van der Waals surface area contributed by atoms with E-state index in [9.17, 15) is 0 Å². The van der Waals surface area contributed by atoms with Crippen molar-refractivity contribution < 1.29 is 0 Å². The largest absolute Gasteiger partial charge is 0.0764 e. The molecule has 0 amide bonds. The van der Waals surface area contributed by atoms with Gasteiger partial charge >= 0.3 is 0 Å². The lowest BCUT2D eigenvalue weighted by Gasteiger charge is -2.32. The summed E-state index contributed by atoms with van der Waals surface area (Å²) in [5.74, 6) is 0. The highest BCUT2D eigenvalue weighted by Crippen LogP contribution is 2.38. The van der Waals surface area contributed by atoms with E-state index in [1.165, 1.54) is 33.4 Å². The number of hydrogen-bond donors (Lipinski definition) is 0. The van der Waals surface area contributed by atoms with E-state index in [1.54, 1.807) is 0 Å². The Morgan fingerprint density at radius 2 is 1.21 bits per heavy atom. The number of allylic oxidation sites excluding steroid dienone is 4. The van der Waals surface area contributed by atoms with Gasteiger partial charge in [-0.1, -0.05) is 112 Å². The van der Waals surface area contributed by atoms with Crippen molar-refractivity contribution in [3.05, 3.63) is 94.1 Å². The molecule has 2 aromatic rings. The van der Waals surface area contributed by atoms with Crippen LogP contribution in [0.4, 0.5) is 0 Å². The van der Waals surface area contributed by atoms with Crippen molar-refractivity contribution in [1.29, 1.82) is 0 Å². The van der Waals surface area contributed by atoms with E-state index < -0.39 is 0 Å². The molecule has 0 radical (unpaired) electrons. The van der Waals surface area contributed by atoms with Crippen LogP contribution in [0.2, 0.25) is 0 Å². The first kappa shape index (κ1) is 22.2. The van der Waals surface area contributed by atoms with E-state index >= 15 is 0 Å². The van der Waals surface area contributed by atoms with Gasteiger partial charge in [-0.25, -0.2) is 0 Å². The predicted molar refractivity (Wildman–Crippen MR) is 125 cm³/mol. The Kier molecular flexibility index (Phi) is 7.10. The van der Waals surface area contributed by atoms with E-state index in [4.69, 9.17) is 0 Å². The van der Waals surface area contributed by atoms with Crippen LogP contribution in [0.5, 0.6) is 0 Å². The first-order chi connectivity index (χ1) is 13.1. The minimum absolute atomic E-state index is 0.0334. The van der Waals surface area contributed by atoms with E-state index in [1.807, 2.05) is 0 Å². The molecule has 0 aromatic heterocycles. The maximum absolute atomic E-state index is 2.37. The molecule has 0 heteroatoms. The molecule has 1 unspecified atom stereocenters. The van der Waals surface area contributed by atoms with Gasteiger partial charge in [-0.05, 0) is 50.3 Å². The summed E-state index contributed by atoms with van der Waals surface area (Å²) in [5, 5.41) is 0. The lowest BCUT2D eigenvalue weighted by atomic mass is 9.72. The van der Waals surface area contributed by atoms with Crippen LogP contribution in [0.3, 0.4) is 0 Å². The Bertz CT molecular complexity index is 825.